The van der Waals surface area contributed by atoms with E-state index in [-0.39, 0.29) is 6.10 Å². The third kappa shape index (κ3) is 6.05. The minimum absolute atomic E-state index is 0.188. The maximum Gasteiger partial charge on any atom is 0.0662 e. The SMILES string of the molecule is CCC(O)CNCC(C)C(C)(C)C. The summed E-state index contributed by atoms with van der Waals surface area (Å²) in [7, 11) is 0. The van der Waals surface area contributed by atoms with Crippen LogP contribution in [0.15, 0.2) is 0 Å². The van der Waals surface area contributed by atoms with E-state index in [2.05, 4.69) is 33.0 Å². The third-order valence-corrected chi connectivity index (χ3v) is 2.78. The topological polar surface area (TPSA) is 32.3 Å². The van der Waals surface area contributed by atoms with Gasteiger partial charge in [0.15, 0.2) is 0 Å². The van der Waals surface area contributed by atoms with Gasteiger partial charge in [0.25, 0.3) is 0 Å². The van der Waals surface area contributed by atoms with Crippen molar-refractivity contribution in [3.8, 4) is 0 Å². The maximum absolute atomic E-state index is 9.31. The predicted octanol–water partition coefficient (Wildman–Crippen LogP) is 2.03. The fourth-order valence-corrected chi connectivity index (χ4v) is 0.917. The van der Waals surface area contributed by atoms with E-state index in [1.165, 1.54) is 0 Å². The monoisotopic (exact) mass is 187 g/mol. The molecule has 2 heteroatoms. The summed E-state index contributed by atoms with van der Waals surface area (Å²) in [6.45, 7) is 12.7. The van der Waals surface area contributed by atoms with E-state index in [0.717, 1.165) is 19.5 Å². The average Bonchev–Trinajstić information content (AvgIpc) is 2.02. The Morgan fingerprint density at radius 1 is 1.23 bits per heavy atom. The Morgan fingerprint density at radius 2 is 1.77 bits per heavy atom. The number of hydrogen-bond acceptors (Lipinski definition) is 2. The average molecular weight is 187 g/mol. The van der Waals surface area contributed by atoms with E-state index in [4.69, 9.17) is 0 Å². The quantitative estimate of drug-likeness (QED) is 0.690. The van der Waals surface area contributed by atoms with Crippen molar-refractivity contribution in [2.45, 2.75) is 47.1 Å². The zero-order valence-electron chi connectivity index (χ0n) is 9.72. The van der Waals surface area contributed by atoms with Gasteiger partial charge in [-0.2, -0.15) is 0 Å². The highest BCUT2D eigenvalue weighted by molar-refractivity contribution is 4.72. The summed E-state index contributed by atoms with van der Waals surface area (Å²) in [5, 5.41) is 12.6. The van der Waals surface area contributed by atoms with Crippen molar-refractivity contribution in [1.82, 2.24) is 5.32 Å². The summed E-state index contributed by atoms with van der Waals surface area (Å²) < 4.78 is 0. The van der Waals surface area contributed by atoms with Gasteiger partial charge >= 0.3 is 0 Å². The van der Waals surface area contributed by atoms with Crippen LogP contribution in [0.4, 0.5) is 0 Å². The number of aliphatic hydroxyl groups excluding tert-OH is 1. The molecule has 0 fully saturated rings. The van der Waals surface area contributed by atoms with Crippen molar-refractivity contribution < 1.29 is 5.11 Å². The molecule has 0 heterocycles. The summed E-state index contributed by atoms with van der Waals surface area (Å²) in [6, 6.07) is 0. The molecule has 0 amide bonds. The highest BCUT2D eigenvalue weighted by Gasteiger charge is 2.19. The minimum Gasteiger partial charge on any atom is -0.392 e. The maximum atomic E-state index is 9.31. The Bertz CT molecular complexity index is 129. The Balaban J connectivity index is 3.54. The van der Waals surface area contributed by atoms with Gasteiger partial charge < -0.3 is 10.4 Å². The molecule has 0 saturated carbocycles. The number of nitrogens with one attached hydrogen (secondary N) is 1. The second kappa shape index (κ2) is 5.61. The normalized spacial score (nSPS) is 17.1. The van der Waals surface area contributed by atoms with Crippen molar-refractivity contribution in [3.05, 3.63) is 0 Å². The van der Waals surface area contributed by atoms with Gasteiger partial charge in [-0.15, -0.1) is 0 Å². The fraction of sp³-hybridized carbons (Fsp3) is 1.00. The lowest BCUT2D eigenvalue weighted by Gasteiger charge is -2.27. The van der Waals surface area contributed by atoms with Crippen LogP contribution in [-0.2, 0) is 0 Å². The Morgan fingerprint density at radius 3 is 2.15 bits per heavy atom. The van der Waals surface area contributed by atoms with Crippen molar-refractivity contribution in [2.24, 2.45) is 11.3 Å². The molecular formula is C11H25NO. The van der Waals surface area contributed by atoms with Gasteiger partial charge in [-0.1, -0.05) is 34.6 Å². The molecule has 0 aromatic rings. The van der Waals surface area contributed by atoms with Gasteiger partial charge in [0, 0.05) is 6.54 Å². The highest BCUT2D eigenvalue weighted by atomic mass is 16.3. The highest BCUT2D eigenvalue weighted by Crippen LogP contribution is 2.24. The second-order valence-corrected chi connectivity index (χ2v) is 4.99. The summed E-state index contributed by atoms with van der Waals surface area (Å²) in [5.41, 5.74) is 0.351. The molecule has 0 aromatic heterocycles. The smallest absolute Gasteiger partial charge is 0.0662 e. The largest absolute Gasteiger partial charge is 0.392 e. The first kappa shape index (κ1) is 12.9. The van der Waals surface area contributed by atoms with Crippen molar-refractivity contribution in [3.63, 3.8) is 0 Å². The second-order valence-electron chi connectivity index (χ2n) is 4.99. The van der Waals surface area contributed by atoms with Gasteiger partial charge in [-0.3, -0.25) is 0 Å². The molecule has 0 radical (unpaired) electrons. The first-order chi connectivity index (χ1) is 5.88. The van der Waals surface area contributed by atoms with Crippen molar-refractivity contribution in [1.29, 1.82) is 0 Å². The summed E-state index contributed by atoms with van der Waals surface area (Å²) >= 11 is 0. The summed E-state index contributed by atoms with van der Waals surface area (Å²) in [5.74, 6) is 0.636. The van der Waals surface area contributed by atoms with Gasteiger partial charge in [-0.25, -0.2) is 0 Å². The van der Waals surface area contributed by atoms with Crippen LogP contribution in [0.1, 0.15) is 41.0 Å². The molecule has 80 valence electrons. The van der Waals surface area contributed by atoms with Crippen LogP contribution < -0.4 is 5.32 Å². The van der Waals surface area contributed by atoms with Crippen LogP contribution in [0.5, 0.6) is 0 Å². The minimum atomic E-state index is -0.188. The molecule has 2 nitrogen and oxygen atoms in total. The van der Waals surface area contributed by atoms with E-state index < -0.39 is 0 Å². The zero-order valence-corrected chi connectivity index (χ0v) is 9.72. The first-order valence-corrected chi connectivity index (χ1v) is 5.26. The molecule has 0 spiro atoms. The molecule has 0 saturated heterocycles. The van der Waals surface area contributed by atoms with Crippen LogP contribution in [0.2, 0.25) is 0 Å². The predicted molar refractivity (Wildman–Crippen MR) is 57.8 cm³/mol. The van der Waals surface area contributed by atoms with Crippen LogP contribution >= 0.6 is 0 Å². The van der Waals surface area contributed by atoms with E-state index in [9.17, 15) is 5.11 Å². The van der Waals surface area contributed by atoms with Gasteiger partial charge in [0.2, 0.25) is 0 Å². The summed E-state index contributed by atoms with van der Waals surface area (Å²) in [4.78, 5) is 0. The molecule has 13 heavy (non-hydrogen) atoms. The van der Waals surface area contributed by atoms with E-state index in [1.807, 2.05) is 6.92 Å². The third-order valence-electron chi connectivity index (χ3n) is 2.78. The Kier molecular flexibility index (Phi) is 5.57. The number of aliphatic hydroxyl groups is 1. The van der Waals surface area contributed by atoms with Gasteiger partial charge in [0.1, 0.15) is 0 Å². The molecule has 0 aliphatic carbocycles. The van der Waals surface area contributed by atoms with Crippen LogP contribution in [-0.4, -0.2) is 24.3 Å². The lowest BCUT2D eigenvalue weighted by molar-refractivity contribution is 0.159. The number of hydrogen-bond donors (Lipinski definition) is 2. The Labute approximate surface area is 82.7 Å². The molecule has 2 unspecified atom stereocenters. The molecule has 2 N–H and O–H groups in total. The molecule has 2 atom stereocenters. The molecule has 0 aliphatic rings. The van der Waals surface area contributed by atoms with Gasteiger partial charge in [0.05, 0.1) is 6.10 Å². The molecule has 0 aliphatic heterocycles. The van der Waals surface area contributed by atoms with Crippen molar-refractivity contribution >= 4 is 0 Å². The Hall–Kier alpha value is -0.0800. The molecule has 0 rings (SSSR count). The standard InChI is InChI=1S/C11H25NO/c1-6-10(13)8-12-7-9(2)11(3,4)5/h9-10,12-13H,6-8H2,1-5H3. The van der Waals surface area contributed by atoms with E-state index in [0.29, 0.717) is 11.3 Å². The van der Waals surface area contributed by atoms with Crippen molar-refractivity contribution in [2.75, 3.05) is 13.1 Å². The summed E-state index contributed by atoms with van der Waals surface area (Å²) in [6.07, 6.45) is 0.642. The van der Waals surface area contributed by atoms with Crippen LogP contribution in [0.25, 0.3) is 0 Å². The lowest BCUT2D eigenvalue weighted by atomic mass is 9.82. The van der Waals surface area contributed by atoms with Crippen LogP contribution in [0.3, 0.4) is 0 Å². The molecule has 0 aromatic carbocycles. The molecule has 0 bridgehead atoms. The lowest BCUT2D eigenvalue weighted by Crippen LogP contribution is -2.34. The number of rotatable bonds is 5. The van der Waals surface area contributed by atoms with E-state index in [1.54, 1.807) is 0 Å². The molecular weight excluding hydrogens is 162 g/mol. The first-order valence-electron chi connectivity index (χ1n) is 5.26. The zero-order chi connectivity index (χ0) is 10.5. The fourth-order valence-electron chi connectivity index (χ4n) is 0.917. The van der Waals surface area contributed by atoms with E-state index >= 15 is 0 Å². The van der Waals surface area contributed by atoms with Crippen LogP contribution in [0, 0.1) is 11.3 Å². The van der Waals surface area contributed by atoms with Gasteiger partial charge in [-0.05, 0) is 24.3 Å².